The maximum absolute atomic E-state index is 13.2. The van der Waals surface area contributed by atoms with Crippen LogP contribution in [-0.4, -0.2) is 54.1 Å². The molecule has 0 aliphatic heterocycles. The third kappa shape index (κ3) is 8.56. The summed E-state index contributed by atoms with van der Waals surface area (Å²) in [5.74, 6) is -0.399. The molecule has 2 N–H and O–H groups in total. The molecule has 0 saturated carbocycles. The van der Waals surface area contributed by atoms with Gasteiger partial charge in [0.2, 0.25) is 0 Å². The first kappa shape index (κ1) is 31.8. The van der Waals surface area contributed by atoms with Crippen LogP contribution in [0.2, 0.25) is 0 Å². The highest BCUT2D eigenvalue weighted by Gasteiger charge is 2.28. The predicted octanol–water partition coefficient (Wildman–Crippen LogP) is 5.05. The molecule has 0 spiro atoms. The average molecular weight is 456 g/mol. The van der Waals surface area contributed by atoms with E-state index in [1.807, 2.05) is 27.7 Å². The molecule has 6 nitrogen and oxygen atoms in total. The van der Waals surface area contributed by atoms with Crippen molar-refractivity contribution in [3.63, 3.8) is 0 Å². The van der Waals surface area contributed by atoms with E-state index in [0.717, 1.165) is 6.29 Å². The summed E-state index contributed by atoms with van der Waals surface area (Å²) in [4.78, 5) is 38.5. The zero-order valence-electron chi connectivity index (χ0n) is 21.2. The zero-order chi connectivity index (χ0) is 26.1. The van der Waals surface area contributed by atoms with Gasteiger partial charge in [0.1, 0.15) is 6.29 Å². The number of hydrogen-bond donors (Lipinski definition) is 1. The lowest BCUT2D eigenvalue weighted by atomic mass is 9.89. The van der Waals surface area contributed by atoms with Crippen molar-refractivity contribution in [3.8, 4) is 0 Å². The SMILES string of the molecule is C=CCN(CC=C)C(=O)c1c(C)c(N)c(C)c(C(=O)N(CC=C)CC=C)c1C.CC.CC=O. The number of amides is 2. The second kappa shape index (κ2) is 17.2. The number of hydrogen-bond acceptors (Lipinski definition) is 4. The zero-order valence-corrected chi connectivity index (χ0v) is 21.2. The fraction of sp³-hybridized carbons (Fsp3) is 0.370. The summed E-state index contributed by atoms with van der Waals surface area (Å²) in [5, 5.41) is 0. The molecule has 0 saturated heterocycles. The lowest BCUT2D eigenvalue weighted by Crippen LogP contribution is -2.35. The minimum absolute atomic E-state index is 0.199. The molecular weight excluding hydrogens is 414 g/mol. The van der Waals surface area contributed by atoms with Crippen LogP contribution in [0.4, 0.5) is 5.69 Å². The molecule has 0 aromatic heterocycles. The fourth-order valence-corrected chi connectivity index (χ4v) is 3.30. The van der Waals surface area contributed by atoms with Gasteiger partial charge in [-0.2, -0.15) is 0 Å². The van der Waals surface area contributed by atoms with E-state index in [0.29, 0.717) is 59.7 Å². The van der Waals surface area contributed by atoms with Crippen LogP contribution >= 0.6 is 0 Å². The van der Waals surface area contributed by atoms with Crippen LogP contribution < -0.4 is 5.73 Å². The van der Waals surface area contributed by atoms with Gasteiger partial charge in [0, 0.05) is 43.0 Å². The number of carbonyl (C=O) groups excluding carboxylic acids is 3. The molecule has 182 valence electrons. The molecule has 0 unspecified atom stereocenters. The summed E-state index contributed by atoms with van der Waals surface area (Å²) in [7, 11) is 0. The number of anilines is 1. The normalized spacial score (nSPS) is 9.15. The minimum Gasteiger partial charge on any atom is -0.398 e. The number of rotatable bonds is 10. The quantitative estimate of drug-likeness (QED) is 0.304. The Morgan fingerprint density at radius 2 is 0.970 bits per heavy atom. The molecule has 6 heteroatoms. The minimum atomic E-state index is -0.199. The molecule has 0 atom stereocenters. The van der Waals surface area contributed by atoms with E-state index < -0.39 is 0 Å². The third-order valence-corrected chi connectivity index (χ3v) is 4.71. The number of nitrogens with zero attached hydrogens (tertiary/aromatic N) is 2. The lowest BCUT2D eigenvalue weighted by molar-refractivity contribution is -0.106. The van der Waals surface area contributed by atoms with Gasteiger partial charge in [-0.05, 0) is 44.4 Å². The molecule has 1 rings (SSSR count). The Hall–Kier alpha value is -3.41. The third-order valence-electron chi connectivity index (χ3n) is 4.71. The monoisotopic (exact) mass is 455 g/mol. The molecule has 0 fully saturated rings. The van der Waals surface area contributed by atoms with Crippen molar-refractivity contribution in [1.29, 1.82) is 0 Å². The van der Waals surface area contributed by atoms with E-state index in [1.54, 1.807) is 41.0 Å². The average Bonchev–Trinajstić information content (AvgIpc) is 2.79. The molecule has 0 radical (unpaired) electrons. The second-order valence-electron chi connectivity index (χ2n) is 6.85. The van der Waals surface area contributed by atoms with Gasteiger partial charge < -0.3 is 20.3 Å². The fourth-order valence-electron chi connectivity index (χ4n) is 3.30. The molecule has 1 aromatic carbocycles. The van der Waals surface area contributed by atoms with Gasteiger partial charge in [0.15, 0.2) is 0 Å². The summed E-state index contributed by atoms with van der Waals surface area (Å²) >= 11 is 0. The topological polar surface area (TPSA) is 83.7 Å². The van der Waals surface area contributed by atoms with Gasteiger partial charge in [0.25, 0.3) is 11.8 Å². The van der Waals surface area contributed by atoms with Gasteiger partial charge in [-0.25, -0.2) is 0 Å². The smallest absolute Gasteiger partial charge is 0.255 e. The highest BCUT2D eigenvalue weighted by atomic mass is 16.2. The Morgan fingerprint density at radius 3 is 1.18 bits per heavy atom. The van der Waals surface area contributed by atoms with E-state index in [-0.39, 0.29) is 11.8 Å². The molecule has 0 heterocycles. The van der Waals surface area contributed by atoms with E-state index >= 15 is 0 Å². The van der Waals surface area contributed by atoms with Gasteiger partial charge >= 0.3 is 0 Å². The Labute approximate surface area is 200 Å². The van der Waals surface area contributed by atoms with Crippen LogP contribution in [0.5, 0.6) is 0 Å². The van der Waals surface area contributed by atoms with Crippen LogP contribution in [0.1, 0.15) is 58.2 Å². The van der Waals surface area contributed by atoms with E-state index in [9.17, 15) is 9.59 Å². The van der Waals surface area contributed by atoms with Gasteiger partial charge in [0.05, 0.1) is 0 Å². The Bertz CT molecular complexity index is 774. The first-order chi connectivity index (χ1) is 15.7. The molecule has 0 aliphatic rings. The van der Waals surface area contributed by atoms with Crippen molar-refractivity contribution in [2.24, 2.45) is 0 Å². The number of nitrogen functional groups attached to an aromatic ring is 1. The van der Waals surface area contributed by atoms with E-state index in [2.05, 4.69) is 26.3 Å². The number of carbonyl (C=O) groups is 3. The van der Waals surface area contributed by atoms with Gasteiger partial charge in [-0.3, -0.25) is 9.59 Å². The lowest BCUT2D eigenvalue weighted by Gasteiger charge is -2.27. The van der Waals surface area contributed by atoms with Crippen molar-refractivity contribution in [2.75, 3.05) is 31.9 Å². The first-order valence-electron chi connectivity index (χ1n) is 11.0. The first-order valence-corrected chi connectivity index (χ1v) is 11.0. The van der Waals surface area contributed by atoms with Gasteiger partial charge in [-0.15, -0.1) is 26.3 Å². The Kier molecular flexibility index (Phi) is 16.5. The highest BCUT2D eigenvalue weighted by molar-refractivity contribution is 6.06. The molecule has 2 amide bonds. The largest absolute Gasteiger partial charge is 0.398 e. The van der Waals surface area contributed by atoms with E-state index in [1.165, 1.54) is 6.92 Å². The number of benzene rings is 1. The van der Waals surface area contributed by atoms with Crippen molar-refractivity contribution in [2.45, 2.75) is 41.5 Å². The van der Waals surface area contributed by atoms with Crippen molar-refractivity contribution < 1.29 is 14.4 Å². The number of nitrogens with two attached hydrogens (primary N) is 1. The second-order valence-corrected chi connectivity index (χ2v) is 6.85. The van der Waals surface area contributed by atoms with Crippen molar-refractivity contribution in [1.82, 2.24) is 9.80 Å². The van der Waals surface area contributed by atoms with Crippen molar-refractivity contribution in [3.05, 3.63) is 78.4 Å². The molecule has 0 aliphatic carbocycles. The molecule has 33 heavy (non-hydrogen) atoms. The number of aldehydes is 1. The van der Waals surface area contributed by atoms with E-state index in [4.69, 9.17) is 10.5 Å². The Morgan fingerprint density at radius 1 is 0.727 bits per heavy atom. The van der Waals surface area contributed by atoms with Crippen LogP contribution in [-0.2, 0) is 4.79 Å². The van der Waals surface area contributed by atoms with Crippen LogP contribution in [0, 0.1) is 20.8 Å². The summed E-state index contributed by atoms with van der Waals surface area (Å²) < 4.78 is 0. The van der Waals surface area contributed by atoms with Crippen LogP contribution in [0.3, 0.4) is 0 Å². The highest BCUT2D eigenvalue weighted by Crippen LogP contribution is 2.31. The summed E-state index contributed by atoms with van der Waals surface area (Å²) in [6.45, 7) is 27.2. The predicted molar refractivity (Wildman–Crippen MR) is 141 cm³/mol. The van der Waals surface area contributed by atoms with Crippen LogP contribution in [0.15, 0.2) is 50.6 Å². The van der Waals surface area contributed by atoms with Crippen molar-refractivity contribution >= 4 is 23.8 Å². The van der Waals surface area contributed by atoms with Gasteiger partial charge in [-0.1, -0.05) is 38.2 Å². The maximum Gasteiger partial charge on any atom is 0.255 e. The molecular formula is C27H41N3O3. The summed E-state index contributed by atoms with van der Waals surface area (Å²) in [6, 6.07) is 0. The molecule has 0 bridgehead atoms. The Balaban J connectivity index is 0. The van der Waals surface area contributed by atoms with Crippen LogP contribution in [0.25, 0.3) is 0 Å². The summed E-state index contributed by atoms with van der Waals surface area (Å²) in [5.41, 5.74) is 9.63. The summed E-state index contributed by atoms with van der Waals surface area (Å²) in [6.07, 6.45) is 7.38. The maximum atomic E-state index is 13.2. The standard InChI is InChI=1S/C23H31N3O2.C2H4O.C2H6/c1-8-12-25(13-9-2)22(27)19-16(5)20(18(7)21(24)17(19)6)23(28)26(14-10-3)15-11-4;1-2-3;1-2/h8-11H,1-4,12-15,24H2,5-7H3;2H,1H3;1-2H3. The molecule has 1 aromatic rings.